The molecule has 12 heavy (non-hydrogen) atoms. The van der Waals surface area contributed by atoms with Crippen LogP contribution in [0.2, 0.25) is 23.7 Å². The Bertz CT molecular complexity index is 75.9. The average Bonchev–Trinajstić information content (AvgIpc) is 2.10. The zero-order chi connectivity index (χ0) is 9.23. The first-order chi connectivity index (χ1) is 5.85. The maximum Gasteiger partial charge on any atom is 0.0225 e. The van der Waals surface area contributed by atoms with Gasteiger partial charge >= 0.3 is 0 Å². The van der Waals surface area contributed by atoms with Gasteiger partial charge in [0.25, 0.3) is 0 Å². The summed E-state index contributed by atoms with van der Waals surface area (Å²) < 4.78 is 0. The van der Waals surface area contributed by atoms with Crippen molar-refractivity contribution in [1.82, 2.24) is 0 Å². The van der Waals surface area contributed by atoms with E-state index < -0.39 is 0 Å². The molecule has 0 spiro atoms. The first-order valence-corrected chi connectivity index (χ1v) is 9.66. The first-order valence-electron chi connectivity index (χ1n) is 5.85. The van der Waals surface area contributed by atoms with Gasteiger partial charge in [0, 0.05) is 19.0 Å². The van der Waals surface area contributed by atoms with Crippen LogP contribution in [0, 0.1) is 0 Å². The zero-order valence-corrected chi connectivity index (χ0v) is 12.1. The zero-order valence-electron chi connectivity index (χ0n) is 9.23. The van der Waals surface area contributed by atoms with Crippen molar-refractivity contribution in [1.29, 1.82) is 0 Å². The molecule has 0 aliphatic rings. The number of hydrogen-bond acceptors (Lipinski definition) is 0. The second kappa shape index (κ2) is 9.52. The molecule has 0 rings (SSSR count). The standard InChI is InChI=1S/C10H26Si2/c1-4-7-8-10(12-6-3)9-11-5-2/h10H,4-9,11-12H2,1-3H3. The lowest BCUT2D eigenvalue weighted by molar-refractivity contribution is 0.693. The highest BCUT2D eigenvalue weighted by molar-refractivity contribution is 6.43. The van der Waals surface area contributed by atoms with Crippen LogP contribution >= 0.6 is 0 Å². The molecule has 0 aromatic carbocycles. The van der Waals surface area contributed by atoms with Gasteiger partial charge in [-0.25, -0.2) is 0 Å². The third-order valence-corrected chi connectivity index (χ3v) is 7.59. The van der Waals surface area contributed by atoms with Crippen LogP contribution in [0.5, 0.6) is 0 Å². The molecule has 0 saturated heterocycles. The molecule has 0 aromatic heterocycles. The van der Waals surface area contributed by atoms with Gasteiger partial charge in [-0.1, -0.05) is 63.7 Å². The van der Waals surface area contributed by atoms with Crippen molar-refractivity contribution in [2.45, 2.75) is 63.7 Å². The molecule has 1 unspecified atom stereocenters. The van der Waals surface area contributed by atoms with Crippen molar-refractivity contribution in [3.63, 3.8) is 0 Å². The number of hydrogen-bond donors (Lipinski definition) is 0. The molecule has 0 aliphatic carbocycles. The Kier molecular flexibility index (Phi) is 9.87. The first kappa shape index (κ1) is 12.4. The lowest BCUT2D eigenvalue weighted by Gasteiger charge is -2.13. The van der Waals surface area contributed by atoms with Crippen LogP contribution in [0.15, 0.2) is 0 Å². The van der Waals surface area contributed by atoms with Crippen LogP contribution in [-0.4, -0.2) is 19.0 Å². The van der Waals surface area contributed by atoms with Crippen molar-refractivity contribution in [3.05, 3.63) is 0 Å². The summed E-state index contributed by atoms with van der Waals surface area (Å²) in [6.07, 6.45) is 4.47. The van der Waals surface area contributed by atoms with E-state index in [-0.39, 0.29) is 0 Å². The van der Waals surface area contributed by atoms with E-state index in [0.29, 0.717) is 19.0 Å². The van der Waals surface area contributed by atoms with E-state index in [9.17, 15) is 0 Å². The smallest absolute Gasteiger partial charge is 0.0225 e. The van der Waals surface area contributed by atoms with E-state index in [1.54, 1.807) is 12.5 Å². The molecule has 74 valence electrons. The van der Waals surface area contributed by atoms with E-state index in [0.717, 1.165) is 0 Å². The molecule has 0 N–H and O–H groups in total. The monoisotopic (exact) mass is 202 g/mol. The van der Waals surface area contributed by atoms with Gasteiger partial charge in [0.1, 0.15) is 0 Å². The Balaban J connectivity index is 3.40. The summed E-state index contributed by atoms with van der Waals surface area (Å²) in [6.45, 7) is 7.08. The minimum Gasteiger partial charge on any atom is -0.0683 e. The highest BCUT2D eigenvalue weighted by atomic mass is 28.2. The molecular formula is C10H26Si2. The van der Waals surface area contributed by atoms with Crippen LogP contribution in [0.1, 0.15) is 40.0 Å². The van der Waals surface area contributed by atoms with Crippen LogP contribution in [0.3, 0.4) is 0 Å². The Hall–Kier alpha value is 0.434. The maximum absolute atomic E-state index is 2.39. The van der Waals surface area contributed by atoms with E-state index in [2.05, 4.69) is 20.8 Å². The number of rotatable bonds is 8. The van der Waals surface area contributed by atoms with Crippen LogP contribution in [-0.2, 0) is 0 Å². The summed E-state index contributed by atoms with van der Waals surface area (Å²) in [7, 11) is 0.690. The van der Waals surface area contributed by atoms with Crippen molar-refractivity contribution >= 4 is 19.0 Å². The van der Waals surface area contributed by atoms with Crippen molar-refractivity contribution in [2.24, 2.45) is 0 Å². The Morgan fingerprint density at radius 3 is 2.33 bits per heavy atom. The number of unbranched alkanes of at least 4 members (excludes halogenated alkanes) is 1. The molecule has 0 fully saturated rings. The molecule has 1 atom stereocenters. The fourth-order valence-corrected chi connectivity index (χ4v) is 6.52. The average molecular weight is 202 g/mol. The van der Waals surface area contributed by atoms with Gasteiger partial charge in [-0.15, -0.1) is 0 Å². The van der Waals surface area contributed by atoms with Gasteiger partial charge in [0.15, 0.2) is 0 Å². The van der Waals surface area contributed by atoms with Crippen molar-refractivity contribution in [3.8, 4) is 0 Å². The largest absolute Gasteiger partial charge is 0.0683 e. The van der Waals surface area contributed by atoms with E-state index in [1.807, 2.05) is 0 Å². The fourth-order valence-electron chi connectivity index (χ4n) is 1.83. The van der Waals surface area contributed by atoms with E-state index >= 15 is 0 Å². The molecule has 0 saturated carbocycles. The Morgan fingerprint density at radius 1 is 1.08 bits per heavy atom. The van der Waals surface area contributed by atoms with Gasteiger partial charge in [-0.2, -0.15) is 0 Å². The van der Waals surface area contributed by atoms with Crippen molar-refractivity contribution in [2.75, 3.05) is 0 Å². The summed E-state index contributed by atoms with van der Waals surface area (Å²) in [5, 5.41) is 0. The molecule has 0 aliphatic heterocycles. The lowest BCUT2D eigenvalue weighted by Crippen LogP contribution is -2.05. The molecule has 0 amide bonds. The van der Waals surface area contributed by atoms with Crippen LogP contribution in [0.4, 0.5) is 0 Å². The summed E-state index contributed by atoms with van der Waals surface area (Å²) >= 11 is 0. The second-order valence-corrected chi connectivity index (χ2v) is 8.96. The maximum atomic E-state index is 2.39. The highest BCUT2D eigenvalue weighted by Gasteiger charge is 2.06. The molecule has 0 nitrogen and oxygen atoms in total. The van der Waals surface area contributed by atoms with E-state index in [1.165, 1.54) is 30.5 Å². The summed E-state index contributed by atoms with van der Waals surface area (Å²) in [6, 6.07) is 4.74. The van der Waals surface area contributed by atoms with Crippen LogP contribution < -0.4 is 0 Å². The Morgan fingerprint density at radius 2 is 1.83 bits per heavy atom. The van der Waals surface area contributed by atoms with Crippen molar-refractivity contribution < 1.29 is 0 Å². The molecule has 0 radical (unpaired) electrons. The Labute approximate surface area is 83.2 Å². The summed E-state index contributed by atoms with van der Waals surface area (Å²) in [4.78, 5) is 0. The van der Waals surface area contributed by atoms with Gasteiger partial charge in [-0.3, -0.25) is 0 Å². The molecule has 0 bridgehead atoms. The summed E-state index contributed by atoms with van der Waals surface area (Å²) in [5.74, 6) is 0. The van der Waals surface area contributed by atoms with Gasteiger partial charge in [-0.05, 0) is 0 Å². The highest BCUT2D eigenvalue weighted by Crippen LogP contribution is 2.19. The normalized spacial score (nSPS) is 15.2. The van der Waals surface area contributed by atoms with Gasteiger partial charge < -0.3 is 0 Å². The third kappa shape index (κ3) is 7.10. The second-order valence-electron chi connectivity index (χ2n) is 3.94. The third-order valence-electron chi connectivity index (χ3n) is 2.63. The lowest BCUT2D eigenvalue weighted by atomic mass is 10.2. The molecule has 0 heterocycles. The molecule has 2 heteroatoms. The van der Waals surface area contributed by atoms with Gasteiger partial charge in [0.05, 0.1) is 0 Å². The van der Waals surface area contributed by atoms with Crippen LogP contribution in [0.25, 0.3) is 0 Å². The predicted octanol–water partition coefficient (Wildman–Crippen LogP) is 2.60. The summed E-state index contributed by atoms with van der Waals surface area (Å²) in [5.41, 5.74) is 1.24. The topological polar surface area (TPSA) is 0 Å². The van der Waals surface area contributed by atoms with E-state index in [4.69, 9.17) is 0 Å². The minimum atomic E-state index is 0.330. The minimum absolute atomic E-state index is 0.330. The fraction of sp³-hybridized carbons (Fsp3) is 1.00. The SMILES string of the molecule is CCCCC(C[SiH2]CC)[SiH2]CC. The predicted molar refractivity (Wildman–Crippen MR) is 66.1 cm³/mol. The molecular weight excluding hydrogens is 176 g/mol. The molecule has 0 aromatic rings. The van der Waals surface area contributed by atoms with Gasteiger partial charge in [0.2, 0.25) is 0 Å². The quantitative estimate of drug-likeness (QED) is 0.531.